The molecule has 0 radical (unpaired) electrons. The Morgan fingerprint density at radius 3 is 2.44 bits per heavy atom. The molecule has 2 atom stereocenters. The molecule has 7 nitrogen and oxygen atoms in total. The lowest BCUT2D eigenvalue weighted by molar-refractivity contribution is -0.139. The predicted octanol–water partition coefficient (Wildman–Crippen LogP) is 0.200. The highest BCUT2D eigenvalue weighted by molar-refractivity contribution is 5.82. The Morgan fingerprint density at radius 2 is 2.00 bits per heavy atom. The topological polar surface area (TPSA) is 96.9 Å². The largest absolute Gasteiger partial charge is 0.480 e. The van der Waals surface area contributed by atoms with Gasteiger partial charge in [-0.15, -0.1) is 0 Å². The number of carboxylic acids is 1. The number of carboxylic acid groups (broad SMARTS) is 1. The number of amides is 2. The Labute approximate surface area is 107 Å². The van der Waals surface area contributed by atoms with E-state index < -0.39 is 18.0 Å². The number of hydrogen-bond acceptors (Lipinski definition) is 4. The molecule has 2 amide bonds. The van der Waals surface area contributed by atoms with Gasteiger partial charge in [-0.1, -0.05) is 13.3 Å². The normalized spacial score (nSPS) is 13.7. The molecule has 0 fully saturated rings. The standard InChI is InChI=1S/C11H22N2O5/c1-4-5-9(10(14)15)13-11(16)12-6-8(18-3)7-17-2/h8-9H,4-7H2,1-3H3,(H,14,15)(H2,12,13,16)/t8?,9-/m0/s1. The summed E-state index contributed by atoms with van der Waals surface area (Å²) in [7, 11) is 3.05. The van der Waals surface area contributed by atoms with Crippen molar-refractivity contribution in [2.45, 2.75) is 31.9 Å². The Balaban J connectivity index is 4.04. The van der Waals surface area contributed by atoms with Crippen molar-refractivity contribution >= 4 is 12.0 Å². The van der Waals surface area contributed by atoms with Crippen molar-refractivity contribution < 1.29 is 24.2 Å². The van der Waals surface area contributed by atoms with Crippen molar-refractivity contribution in [2.75, 3.05) is 27.4 Å². The van der Waals surface area contributed by atoms with E-state index in [1.165, 1.54) is 14.2 Å². The van der Waals surface area contributed by atoms with Crippen LogP contribution in [-0.2, 0) is 14.3 Å². The van der Waals surface area contributed by atoms with Crippen LogP contribution in [0.1, 0.15) is 19.8 Å². The van der Waals surface area contributed by atoms with Gasteiger partial charge in [0.25, 0.3) is 0 Å². The summed E-state index contributed by atoms with van der Waals surface area (Å²) in [5.74, 6) is -1.04. The van der Waals surface area contributed by atoms with Crippen LogP contribution < -0.4 is 10.6 Å². The van der Waals surface area contributed by atoms with Crippen LogP contribution in [-0.4, -0.2) is 56.6 Å². The number of rotatable bonds is 9. The van der Waals surface area contributed by atoms with E-state index in [-0.39, 0.29) is 12.6 Å². The molecule has 0 aliphatic carbocycles. The average Bonchev–Trinajstić information content (AvgIpc) is 2.33. The Hall–Kier alpha value is -1.34. The summed E-state index contributed by atoms with van der Waals surface area (Å²) in [6.45, 7) is 2.47. The summed E-state index contributed by atoms with van der Waals surface area (Å²) in [5, 5.41) is 13.8. The van der Waals surface area contributed by atoms with E-state index in [9.17, 15) is 9.59 Å². The number of urea groups is 1. The first-order chi connectivity index (χ1) is 8.54. The second-order valence-corrected chi connectivity index (χ2v) is 3.85. The molecule has 0 aromatic heterocycles. The van der Waals surface area contributed by atoms with E-state index in [1.54, 1.807) is 0 Å². The number of hydrogen-bond donors (Lipinski definition) is 3. The fourth-order valence-electron chi connectivity index (χ4n) is 1.36. The average molecular weight is 262 g/mol. The van der Waals surface area contributed by atoms with Gasteiger partial charge in [0, 0.05) is 20.8 Å². The van der Waals surface area contributed by atoms with E-state index in [4.69, 9.17) is 14.6 Å². The van der Waals surface area contributed by atoms with E-state index in [0.29, 0.717) is 19.4 Å². The Kier molecular flexibility index (Phi) is 8.95. The van der Waals surface area contributed by atoms with Gasteiger partial charge in [0.15, 0.2) is 0 Å². The molecule has 1 unspecified atom stereocenters. The van der Waals surface area contributed by atoms with Gasteiger partial charge in [-0.3, -0.25) is 0 Å². The highest BCUT2D eigenvalue weighted by Gasteiger charge is 2.19. The predicted molar refractivity (Wildman–Crippen MR) is 65.5 cm³/mol. The quantitative estimate of drug-likeness (QED) is 0.551. The lowest BCUT2D eigenvalue weighted by Gasteiger charge is -2.17. The van der Waals surface area contributed by atoms with Crippen LogP contribution in [0.3, 0.4) is 0 Å². The Bertz CT molecular complexity index is 260. The zero-order valence-electron chi connectivity index (χ0n) is 11.1. The van der Waals surface area contributed by atoms with Crippen LogP contribution in [0.2, 0.25) is 0 Å². The minimum Gasteiger partial charge on any atom is -0.480 e. The molecular formula is C11H22N2O5. The van der Waals surface area contributed by atoms with Crippen molar-refractivity contribution in [3.8, 4) is 0 Å². The van der Waals surface area contributed by atoms with Crippen LogP contribution in [0.5, 0.6) is 0 Å². The molecule has 3 N–H and O–H groups in total. The van der Waals surface area contributed by atoms with Gasteiger partial charge in [-0.25, -0.2) is 9.59 Å². The maximum absolute atomic E-state index is 11.5. The van der Waals surface area contributed by atoms with Crippen molar-refractivity contribution in [3.05, 3.63) is 0 Å². The van der Waals surface area contributed by atoms with Crippen molar-refractivity contribution in [1.29, 1.82) is 0 Å². The lowest BCUT2D eigenvalue weighted by atomic mass is 10.2. The molecule has 0 heterocycles. The van der Waals surface area contributed by atoms with Crippen molar-refractivity contribution in [3.63, 3.8) is 0 Å². The number of methoxy groups -OCH3 is 2. The number of carbonyl (C=O) groups is 2. The van der Waals surface area contributed by atoms with Gasteiger partial charge < -0.3 is 25.2 Å². The first kappa shape index (κ1) is 16.7. The van der Waals surface area contributed by atoms with Crippen molar-refractivity contribution in [2.24, 2.45) is 0 Å². The molecular weight excluding hydrogens is 240 g/mol. The third-order valence-electron chi connectivity index (χ3n) is 2.36. The minimum absolute atomic E-state index is 0.254. The monoisotopic (exact) mass is 262 g/mol. The first-order valence-electron chi connectivity index (χ1n) is 5.84. The van der Waals surface area contributed by atoms with E-state index in [1.807, 2.05) is 6.92 Å². The molecule has 7 heteroatoms. The summed E-state index contributed by atoms with van der Waals surface area (Å²) >= 11 is 0. The molecule has 106 valence electrons. The van der Waals surface area contributed by atoms with Crippen molar-refractivity contribution in [1.82, 2.24) is 10.6 Å². The molecule has 0 aromatic carbocycles. The second kappa shape index (κ2) is 9.67. The maximum atomic E-state index is 11.5. The fourth-order valence-corrected chi connectivity index (χ4v) is 1.36. The fraction of sp³-hybridized carbons (Fsp3) is 0.818. The molecule has 0 rings (SSSR count). The lowest BCUT2D eigenvalue weighted by Crippen LogP contribution is -2.48. The van der Waals surface area contributed by atoms with Crippen LogP contribution in [0.25, 0.3) is 0 Å². The summed E-state index contributed by atoms with van der Waals surface area (Å²) in [5.41, 5.74) is 0. The smallest absolute Gasteiger partial charge is 0.326 e. The molecule has 18 heavy (non-hydrogen) atoms. The molecule has 0 bridgehead atoms. The van der Waals surface area contributed by atoms with Gasteiger partial charge >= 0.3 is 12.0 Å². The van der Waals surface area contributed by atoms with Gasteiger partial charge in [-0.05, 0) is 6.42 Å². The molecule has 0 saturated carbocycles. The zero-order chi connectivity index (χ0) is 14.0. The molecule has 0 aliphatic heterocycles. The highest BCUT2D eigenvalue weighted by atomic mass is 16.5. The van der Waals surface area contributed by atoms with Crippen LogP contribution in [0, 0.1) is 0 Å². The molecule has 0 aromatic rings. The van der Waals surface area contributed by atoms with E-state index >= 15 is 0 Å². The highest BCUT2D eigenvalue weighted by Crippen LogP contribution is 1.96. The van der Waals surface area contributed by atoms with Crippen LogP contribution >= 0.6 is 0 Å². The maximum Gasteiger partial charge on any atom is 0.326 e. The Morgan fingerprint density at radius 1 is 1.33 bits per heavy atom. The van der Waals surface area contributed by atoms with Crippen LogP contribution in [0.4, 0.5) is 4.79 Å². The van der Waals surface area contributed by atoms with Gasteiger partial charge in [0.05, 0.1) is 12.7 Å². The summed E-state index contributed by atoms with van der Waals surface area (Å²) in [6.07, 6.45) is 0.825. The number of nitrogens with one attached hydrogen (secondary N) is 2. The van der Waals surface area contributed by atoms with Gasteiger partial charge in [0.2, 0.25) is 0 Å². The van der Waals surface area contributed by atoms with E-state index in [2.05, 4.69) is 10.6 Å². The number of aliphatic carboxylic acids is 1. The van der Waals surface area contributed by atoms with Gasteiger partial charge in [-0.2, -0.15) is 0 Å². The molecule has 0 saturated heterocycles. The molecule has 0 spiro atoms. The van der Waals surface area contributed by atoms with Crippen LogP contribution in [0.15, 0.2) is 0 Å². The SMILES string of the molecule is CCC[C@H](NC(=O)NCC(COC)OC)C(=O)O. The number of ether oxygens (including phenoxy) is 2. The number of carbonyl (C=O) groups excluding carboxylic acids is 1. The zero-order valence-corrected chi connectivity index (χ0v) is 11.1. The first-order valence-corrected chi connectivity index (χ1v) is 5.84. The second-order valence-electron chi connectivity index (χ2n) is 3.85. The summed E-state index contributed by atoms with van der Waals surface area (Å²) in [4.78, 5) is 22.3. The van der Waals surface area contributed by atoms with E-state index in [0.717, 1.165) is 0 Å². The third-order valence-corrected chi connectivity index (χ3v) is 2.36. The summed E-state index contributed by atoms with van der Waals surface area (Å²) < 4.78 is 9.95. The summed E-state index contributed by atoms with van der Waals surface area (Å²) in [6, 6.07) is -1.38. The molecule has 0 aliphatic rings. The minimum atomic E-state index is -1.04. The van der Waals surface area contributed by atoms with Gasteiger partial charge in [0.1, 0.15) is 6.04 Å². The third kappa shape index (κ3) is 7.08.